The molecule has 1 rings (SSSR count). The van der Waals surface area contributed by atoms with Crippen LogP contribution in [0.15, 0.2) is 18.2 Å². The van der Waals surface area contributed by atoms with Crippen LogP contribution in [0, 0.1) is 25.7 Å². The quantitative estimate of drug-likeness (QED) is 0.829. The van der Waals surface area contributed by atoms with Crippen LogP contribution >= 0.6 is 0 Å². The van der Waals surface area contributed by atoms with Crippen LogP contribution in [0.2, 0.25) is 0 Å². The monoisotopic (exact) mass is 263 g/mol. The molecule has 0 saturated carbocycles. The Morgan fingerprint density at radius 1 is 1.32 bits per heavy atom. The molecule has 0 aliphatic carbocycles. The fourth-order valence-electron chi connectivity index (χ4n) is 2.52. The average molecular weight is 263 g/mol. The van der Waals surface area contributed by atoms with Crippen LogP contribution in [0.4, 0.5) is 0 Å². The lowest BCUT2D eigenvalue weighted by Crippen LogP contribution is -2.26. The summed E-state index contributed by atoms with van der Waals surface area (Å²) in [4.78, 5) is 11.1. The Labute approximate surface area is 115 Å². The smallest absolute Gasteiger partial charge is 0.307 e. The number of carboxylic acid groups (broad SMARTS) is 1. The highest BCUT2D eigenvalue weighted by Crippen LogP contribution is 2.31. The second-order valence-corrected chi connectivity index (χ2v) is 5.56. The normalized spacial score (nSPS) is 15.8. The molecule has 1 aromatic rings. The Balaban J connectivity index is 2.84. The third-order valence-corrected chi connectivity index (χ3v) is 4.28. The Bertz CT molecular complexity index is 442. The van der Waals surface area contributed by atoms with E-state index >= 15 is 0 Å². The predicted octanol–water partition coefficient (Wildman–Crippen LogP) is 3.09. The molecule has 1 aromatic carbocycles. The van der Waals surface area contributed by atoms with Gasteiger partial charge in [-0.2, -0.15) is 0 Å². The number of rotatable bonds is 6. The molecule has 0 aliphatic heterocycles. The van der Waals surface area contributed by atoms with Crippen molar-refractivity contribution in [3.8, 4) is 0 Å². The SMILES string of the molecule is Cc1cccc(C(C)C(C)CC(CN)C(=O)O)c1C. The molecule has 3 heteroatoms. The van der Waals surface area contributed by atoms with Gasteiger partial charge in [-0.1, -0.05) is 32.0 Å². The molecule has 3 unspecified atom stereocenters. The number of hydrogen-bond acceptors (Lipinski definition) is 2. The van der Waals surface area contributed by atoms with Crippen LogP contribution in [0.1, 0.15) is 42.9 Å². The van der Waals surface area contributed by atoms with Gasteiger partial charge in [0.1, 0.15) is 0 Å². The molecule has 0 bridgehead atoms. The van der Waals surface area contributed by atoms with Gasteiger partial charge < -0.3 is 10.8 Å². The van der Waals surface area contributed by atoms with Gasteiger partial charge in [0.2, 0.25) is 0 Å². The summed E-state index contributed by atoms with van der Waals surface area (Å²) in [6, 6.07) is 6.32. The molecular formula is C16H25NO2. The molecule has 0 radical (unpaired) electrons. The van der Waals surface area contributed by atoms with Crippen LogP contribution in [-0.2, 0) is 4.79 Å². The highest BCUT2D eigenvalue weighted by atomic mass is 16.4. The van der Waals surface area contributed by atoms with E-state index in [1.165, 1.54) is 16.7 Å². The van der Waals surface area contributed by atoms with E-state index in [4.69, 9.17) is 10.8 Å². The molecule has 3 nitrogen and oxygen atoms in total. The van der Waals surface area contributed by atoms with Crippen molar-refractivity contribution in [2.24, 2.45) is 17.6 Å². The number of aliphatic carboxylic acids is 1. The van der Waals surface area contributed by atoms with E-state index < -0.39 is 11.9 Å². The van der Waals surface area contributed by atoms with Crippen LogP contribution in [0.3, 0.4) is 0 Å². The number of carbonyl (C=O) groups is 1. The van der Waals surface area contributed by atoms with Gasteiger partial charge in [-0.15, -0.1) is 0 Å². The molecule has 0 fully saturated rings. The number of hydrogen-bond donors (Lipinski definition) is 2. The van der Waals surface area contributed by atoms with Gasteiger partial charge in [0.25, 0.3) is 0 Å². The van der Waals surface area contributed by atoms with E-state index in [2.05, 4.69) is 45.9 Å². The van der Waals surface area contributed by atoms with Gasteiger partial charge in [0.15, 0.2) is 0 Å². The van der Waals surface area contributed by atoms with E-state index in [9.17, 15) is 4.79 Å². The van der Waals surface area contributed by atoms with Gasteiger partial charge >= 0.3 is 5.97 Å². The minimum Gasteiger partial charge on any atom is -0.481 e. The summed E-state index contributed by atoms with van der Waals surface area (Å²) in [6.07, 6.45) is 0.625. The van der Waals surface area contributed by atoms with E-state index in [0.717, 1.165) is 0 Å². The Morgan fingerprint density at radius 3 is 2.47 bits per heavy atom. The zero-order valence-corrected chi connectivity index (χ0v) is 12.3. The molecular weight excluding hydrogens is 238 g/mol. The summed E-state index contributed by atoms with van der Waals surface area (Å²) in [5.74, 6) is -0.594. The Hall–Kier alpha value is -1.35. The highest BCUT2D eigenvalue weighted by Gasteiger charge is 2.23. The first kappa shape index (κ1) is 15.7. The first-order chi connectivity index (χ1) is 8.88. The lowest BCUT2D eigenvalue weighted by molar-refractivity contribution is -0.142. The number of nitrogens with two attached hydrogens (primary N) is 1. The second-order valence-electron chi connectivity index (χ2n) is 5.56. The van der Waals surface area contributed by atoms with Crippen LogP contribution in [0.25, 0.3) is 0 Å². The van der Waals surface area contributed by atoms with Gasteiger partial charge in [0, 0.05) is 6.54 Å². The molecule has 0 amide bonds. The molecule has 0 saturated heterocycles. The summed E-state index contributed by atoms with van der Waals surface area (Å²) in [6.45, 7) is 8.72. The summed E-state index contributed by atoms with van der Waals surface area (Å²) in [7, 11) is 0. The van der Waals surface area contributed by atoms with Crippen molar-refractivity contribution in [2.45, 2.75) is 40.0 Å². The third-order valence-electron chi connectivity index (χ3n) is 4.28. The zero-order chi connectivity index (χ0) is 14.6. The molecule has 3 N–H and O–H groups in total. The Morgan fingerprint density at radius 2 is 1.95 bits per heavy atom. The lowest BCUT2D eigenvalue weighted by Gasteiger charge is -2.25. The number of carboxylic acids is 1. The standard InChI is InChI=1S/C16H25NO2/c1-10-6-5-7-15(12(10)3)13(4)11(2)8-14(9-17)16(18)19/h5-7,11,13-14H,8-9,17H2,1-4H3,(H,18,19). The van der Waals surface area contributed by atoms with Gasteiger partial charge in [0.05, 0.1) is 5.92 Å². The van der Waals surface area contributed by atoms with E-state index in [0.29, 0.717) is 18.3 Å². The molecule has 19 heavy (non-hydrogen) atoms. The summed E-state index contributed by atoms with van der Waals surface area (Å²) >= 11 is 0. The predicted molar refractivity (Wildman–Crippen MR) is 78.3 cm³/mol. The fraction of sp³-hybridized carbons (Fsp3) is 0.562. The van der Waals surface area contributed by atoms with Gasteiger partial charge in [-0.25, -0.2) is 0 Å². The summed E-state index contributed by atoms with van der Waals surface area (Å²) in [5, 5.41) is 9.09. The topological polar surface area (TPSA) is 63.3 Å². The van der Waals surface area contributed by atoms with E-state index in [1.54, 1.807) is 0 Å². The van der Waals surface area contributed by atoms with Crippen LogP contribution in [-0.4, -0.2) is 17.6 Å². The van der Waals surface area contributed by atoms with Crippen molar-refractivity contribution in [3.63, 3.8) is 0 Å². The average Bonchev–Trinajstić information content (AvgIpc) is 2.37. The molecule has 0 aliphatic rings. The van der Waals surface area contributed by atoms with Gasteiger partial charge in [-0.3, -0.25) is 4.79 Å². The lowest BCUT2D eigenvalue weighted by atomic mass is 9.80. The minimum atomic E-state index is -0.789. The molecule has 0 aromatic heterocycles. The summed E-state index contributed by atoms with van der Waals surface area (Å²) in [5.41, 5.74) is 9.44. The van der Waals surface area contributed by atoms with Crippen LogP contribution in [0.5, 0.6) is 0 Å². The van der Waals surface area contributed by atoms with Crippen molar-refractivity contribution >= 4 is 5.97 Å². The van der Waals surface area contributed by atoms with Gasteiger partial charge in [-0.05, 0) is 48.8 Å². The maximum atomic E-state index is 11.1. The van der Waals surface area contributed by atoms with Crippen molar-refractivity contribution < 1.29 is 9.90 Å². The van der Waals surface area contributed by atoms with Crippen LogP contribution < -0.4 is 5.73 Å². The number of benzene rings is 1. The molecule has 0 spiro atoms. The first-order valence-corrected chi connectivity index (χ1v) is 6.87. The van der Waals surface area contributed by atoms with Crippen molar-refractivity contribution in [1.82, 2.24) is 0 Å². The maximum absolute atomic E-state index is 11.1. The largest absolute Gasteiger partial charge is 0.481 e. The zero-order valence-electron chi connectivity index (χ0n) is 12.3. The van der Waals surface area contributed by atoms with E-state index in [-0.39, 0.29) is 6.54 Å². The van der Waals surface area contributed by atoms with Crippen molar-refractivity contribution in [1.29, 1.82) is 0 Å². The van der Waals surface area contributed by atoms with Crippen molar-refractivity contribution in [3.05, 3.63) is 34.9 Å². The highest BCUT2D eigenvalue weighted by molar-refractivity contribution is 5.70. The van der Waals surface area contributed by atoms with Crippen molar-refractivity contribution in [2.75, 3.05) is 6.54 Å². The maximum Gasteiger partial charge on any atom is 0.307 e. The Kier molecular flexibility index (Phi) is 5.55. The molecule has 0 heterocycles. The molecule has 3 atom stereocenters. The summed E-state index contributed by atoms with van der Waals surface area (Å²) < 4.78 is 0. The molecule has 106 valence electrons. The fourth-order valence-corrected chi connectivity index (χ4v) is 2.52. The van der Waals surface area contributed by atoms with E-state index in [1.807, 2.05) is 0 Å². The first-order valence-electron chi connectivity index (χ1n) is 6.87. The minimum absolute atomic E-state index is 0.208. The number of aryl methyl sites for hydroxylation is 1. The third kappa shape index (κ3) is 3.80. The second kappa shape index (κ2) is 6.71.